The molecule has 3 aliphatic rings. The average Bonchev–Trinajstić information content (AvgIpc) is 3.50. The van der Waals surface area contributed by atoms with E-state index in [1.165, 1.54) is 0 Å². The van der Waals surface area contributed by atoms with Crippen LogP contribution in [0.5, 0.6) is 0 Å². The summed E-state index contributed by atoms with van der Waals surface area (Å²) in [4.78, 5) is 0.303. The minimum Gasteiger partial charge on any atom is -0.396 e. The van der Waals surface area contributed by atoms with Crippen LogP contribution in [0.2, 0.25) is 0 Å². The van der Waals surface area contributed by atoms with Gasteiger partial charge in [0, 0.05) is 31.5 Å². The van der Waals surface area contributed by atoms with Crippen molar-refractivity contribution in [1.82, 2.24) is 0 Å². The highest BCUT2D eigenvalue weighted by Gasteiger charge is 2.48. The standard InChI is InChI=1S/C35H54O7S/c1-6-23(2)17-34-30(21-37)31(22-43(38,39)29-12-8-7-9-13-29)35(42-34)20-33-26(5)24(3)18-28(41-33)14-15-32-25(4)19-27(40-32)11-10-16-36/h7-9,12-13,23-24,27-28,30-37H,4-6,10-11,14-22H2,1-3H3/t23-,24-,27?,28?,30-,31-,32+,33-,34-,35?/m1/s1. The van der Waals surface area contributed by atoms with E-state index in [2.05, 4.69) is 33.9 Å². The lowest BCUT2D eigenvalue weighted by Crippen LogP contribution is -2.39. The van der Waals surface area contributed by atoms with E-state index in [1.54, 1.807) is 24.3 Å². The summed E-state index contributed by atoms with van der Waals surface area (Å²) in [5.41, 5.74) is 2.15. The molecule has 2 N–H and O–H groups in total. The first-order chi connectivity index (χ1) is 20.6. The van der Waals surface area contributed by atoms with Crippen LogP contribution < -0.4 is 0 Å². The Morgan fingerprint density at radius 3 is 2.35 bits per heavy atom. The van der Waals surface area contributed by atoms with Gasteiger partial charge in [-0.25, -0.2) is 8.42 Å². The van der Waals surface area contributed by atoms with Crippen molar-refractivity contribution in [3.05, 3.63) is 54.6 Å². The summed E-state index contributed by atoms with van der Waals surface area (Å²) in [6.45, 7) is 15.2. The number of aliphatic hydroxyl groups is 2. The number of hydrogen-bond acceptors (Lipinski definition) is 7. The second kappa shape index (κ2) is 15.6. The third-order valence-electron chi connectivity index (χ3n) is 10.1. The van der Waals surface area contributed by atoms with Gasteiger partial charge in [-0.05, 0) is 80.1 Å². The number of sulfone groups is 1. The average molecular weight is 619 g/mol. The van der Waals surface area contributed by atoms with Crippen LogP contribution in [0, 0.1) is 23.7 Å². The van der Waals surface area contributed by atoms with Crippen LogP contribution in [-0.2, 0) is 24.0 Å². The normalized spacial score (nSPS) is 34.1. The van der Waals surface area contributed by atoms with Crippen molar-refractivity contribution in [1.29, 1.82) is 0 Å². The highest BCUT2D eigenvalue weighted by molar-refractivity contribution is 7.91. The molecule has 242 valence electrons. The minimum absolute atomic E-state index is 0.0172. The number of aliphatic hydroxyl groups excluding tert-OH is 2. The molecule has 4 rings (SSSR count). The molecule has 8 heteroatoms. The van der Waals surface area contributed by atoms with E-state index in [0.29, 0.717) is 17.2 Å². The van der Waals surface area contributed by atoms with Crippen molar-refractivity contribution >= 4 is 9.84 Å². The summed E-state index contributed by atoms with van der Waals surface area (Å²) in [7, 11) is -3.58. The molecule has 0 aromatic heterocycles. The van der Waals surface area contributed by atoms with Gasteiger partial charge >= 0.3 is 0 Å². The van der Waals surface area contributed by atoms with Gasteiger partial charge in [0.25, 0.3) is 0 Å². The summed E-state index contributed by atoms with van der Waals surface area (Å²) in [6.07, 6.45) is 6.71. The zero-order valence-electron chi connectivity index (χ0n) is 26.4. The van der Waals surface area contributed by atoms with Crippen LogP contribution in [0.3, 0.4) is 0 Å². The van der Waals surface area contributed by atoms with E-state index >= 15 is 0 Å². The second-order valence-electron chi connectivity index (χ2n) is 13.3. The fourth-order valence-corrected chi connectivity index (χ4v) is 8.94. The van der Waals surface area contributed by atoms with Crippen molar-refractivity contribution in [2.45, 2.75) is 120 Å². The van der Waals surface area contributed by atoms with Crippen LogP contribution >= 0.6 is 0 Å². The van der Waals surface area contributed by atoms with E-state index in [1.807, 2.05) is 6.07 Å². The second-order valence-corrected chi connectivity index (χ2v) is 15.3. The molecular formula is C35H54O7S. The molecular weight excluding hydrogens is 564 g/mol. The maximum atomic E-state index is 13.5. The molecule has 0 aliphatic carbocycles. The van der Waals surface area contributed by atoms with Gasteiger partial charge in [-0.2, -0.15) is 0 Å². The highest BCUT2D eigenvalue weighted by Crippen LogP contribution is 2.43. The molecule has 0 spiro atoms. The molecule has 0 saturated carbocycles. The van der Waals surface area contributed by atoms with Crippen molar-refractivity contribution in [2.75, 3.05) is 19.0 Å². The molecule has 0 bridgehead atoms. The molecule has 3 fully saturated rings. The van der Waals surface area contributed by atoms with Gasteiger partial charge in [0.15, 0.2) is 9.84 Å². The zero-order chi connectivity index (χ0) is 31.1. The van der Waals surface area contributed by atoms with Crippen LogP contribution in [0.1, 0.15) is 78.6 Å². The Morgan fingerprint density at radius 2 is 1.67 bits per heavy atom. The lowest BCUT2D eigenvalue weighted by atomic mass is 9.81. The topological polar surface area (TPSA) is 102 Å². The summed E-state index contributed by atoms with van der Waals surface area (Å²) in [6, 6.07) is 8.58. The molecule has 43 heavy (non-hydrogen) atoms. The molecule has 1 aromatic carbocycles. The van der Waals surface area contributed by atoms with Crippen molar-refractivity contribution in [3.8, 4) is 0 Å². The smallest absolute Gasteiger partial charge is 0.178 e. The molecule has 7 nitrogen and oxygen atoms in total. The Bertz CT molecular complexity index is 1150. The molecule has 3 heterocycles. The van der Waals surface area contributed by atoms with Crippen molar-refractivity contribution in [2.24, 2.45) is 23.7 Å². The van der Waals surface area contributed by atoms with E-state index in [9.17, 15) is 13.5 Å². The summed E-state index contributed by atoms with van der Waals surface area (Å²) in [5.74, 6) is 0.00600. The van der Waals surface area contributed by atoms with Crippen LogP contribution in [-0.4, -0.2) is 74.2 Å². The number of rotatable bonds is 15. The van der Waals surface area contributed by atoms with Crippen LogP contribution in [0.15, 0.2) is 59.5 Å². The molecule has 1 aromatic rings. The van der Waals surface area contributed by atoms with Crippen LogP contribution in [0.4, 0.5) is 0 Å². The molecule has 3 saturated heterocycles. The predicted molar refractivity (Wildman–Crippen MR) is 169 cm³/mol. The van der Waals surface area contributed by atoms with E-state index < -0.39 is 9.84 Å². The van der Waals surface area contributed by atoms with E-state index in [0.717, 1.165) is 62.5 Å². The number of benzene rings is 1. The van der Waals surface area contributed by atoms with Gasteiger partial charge in [0.1, 0.15) is 0 Å². The Balaban J connectivity index is 1.46. The fourth-order valence-electron chi connectivity index (χ4n) is 7.20. The SMILES string of the molecule is C=C1CC(CCCO)O[C@H]1CCC1C[C@@H](C)C(=C)[C@@H](CC2O[C@H](C[C@H](C)CC)[C@H](CO)[C@H]2CS(=O)(=O)c2ccccc2)O1. The maximum absolute atomic E-state index is 13.5. The first kappa shape index (κ1) is 34.3. The Kier molecular flexibility index (Phi) is 12.5. The molecule has 0 amide bonds. The monoisotopic (exact) mass is 618 g/mol. The van der Waals surface area contributed by atoms with Gasteiger partial charge in [0.2, 0.25) is 0 Å². The van der Waals surface area contributed by atoms with Gasteiger partial charge in [0.05, 0.1) is 47.3 Å². The highest BCUT2D eigenvalue weighted by atomic mass is 32.2. The Hall–Kier alpha value is -1.55. The quantitative estimate of drug-likeness (QED) is 0.236. The third-order valence-corrected chi connectivity index (χ3v) is 11.9. The number of ether oxygens (including phenoxy) is 3. The van der Waals surface area contributed by atoms with Crippen LogP contribution in [0.25, 0.3) is 0 Å². The predicted octanol–water partition coefficient (Wildman–Crippen LogP) is 5.89. The van der Waals surface area contributed by atoms with E-state index in [-0.39, 0.29) is 73.3 Å². The molecule has 3 aliphatic heterocycles. The fraction of sp³-hybridized carbons (Fsp3) is 0.714. The summed E-state index contributed by atoms with van der Waals surface area (Å²) >= 11 is 0. The van der Waals surface area contributed by atoms with E-state index in [4.69, 9.17) is 19.3 Å². The third kappa shape index (κ3) is 8.80. The lowest BCUT2D eigenvalue weighted by Gasteiger charge is -2.38. The summed E-state index contributed by atoms with van der Waals surface area (Å²) in [5, 5.41) is 19.7. The Labute approximate surface area is 259 Å². The summed E-state index contributed by atoms with van der Waals surface area (Å²) < 4.78 is 46.7. The molecule has 0 radical (unpaired) electrons. The molecule has 3 unspecified atom stereocenters. The van der Waals surface area contributed by atoms with Gasteiger partial charge < -0.3 is 24.4 Å². The largest absolute Gasteiger partial charge is 0.396 e. The minimum atomic E-state index is -3.58. The van der Waals surface area contributed by atoms with Crippen molar-refractivity contribution in [3.63, 3.8) is 0 Å². The first-order valence-corrected chi connectivity index (χ1v) is 18.0. The maximum Gasteiger partial charge on any atom is 0.178 e. The Morgan fingerprint density at radius 1 is 0.953 bits per heavy atom. The first-order valence-electron chi connectivity index (χ1n) is 16.4. The van der Waals surface area contributed by atoms with Gasteiger partial charge in [-0.1, -0.05) is 58.5 Å². The van der Waals surface area contributed by atoms with Gasteiger partial charge in [-0.15, -0.1) is 0 Å². The molecule has 10 atom stereocenters. The van der Waals surface area contributed by atoms with Gasteiger partial charge in [-0.3, -0.25) is 0 Å². The van der Waals surface area contributed by atoms with Crippen molar-refractivity contribution < 1.29 is 32.8 Å². The zero-order valence-corrected chi connectivity index (χ0v) is 27.2. The number of hydrogen-bond donors (Lipinski definition) is 2. The lowest BCUT2D eigenvalue weighted by molar-refractivity contribution is -0.0739.